The van der Waals surface area contributed by atoms with Crippen LogP contribution in [0.15, 0.2) is 28.7 Å². The maximum Gasteiger partial charge on any atom is 0.215 e. The molecule has 0 spiro atoms. The second-order valence-electron chi connectivity index (χ2n) is 4.96. The van der Waals surface area contributed by atoms with Gasteiger partial charge in [-0.25, -0.2) is 4.98 Å². The third kappa shape index (κ3) is 1.67. The van der Waals surface area contributed by atoms with Crippen LogP contribution < -0.4 is 0 Å². The van der Waals surface area contributed by atoms with Gasteiger partial charge < -0.3 is 4.42 Å². The normalized spacial score (nSPS) is 14.3. The SMILES string of the molecule is CC(C)c1nc2c(o1)CCc1ccccc1C2=O. The van der Waals surface area contributed by atoms with Crippen molar-refractivity contribution in [3.8, 4) is 0 Å². The van der Waals surface area contributed by atoms with Crippen LogP contribution in [-0.4, -0.2) is 10.8 Å². The molecule has 0 radical (unpaired) electrons. The predicted molar refractivity (Wildman–Crippen MR) is 67.9 cm³/mol. The Morgan fingerprint density at radius 2 is 2.00 bits per heavy atom. The Labute approximate surface area is 106 Å². The fourth-order valence-electron chi connectivity index (χ4n) is 2.30. The quantitative estimate of drug-likeness (QED) is 0.770. The molecule has 0 amide bonds. The van der Waals surface area contributed by atoms with E-state index in [0.29, 0.717) is 11.6 Å². The minimum Gasteiger partial charge on any atom is -0.445 e. The molecule has 0 fully saturated rings. The lowest BCUT2D eigenvalue weighted by atomic mass is 10.0. The number of carbonyl (C=O) groups excluding carboxylic acids is 1. The number of hydrogen-bond donors (Lipinski definition) is 0. The van der Waals surface area contributed by atoms with Crippen LogP contribution in [-0.2, 0) is 12.8 Å². The maximum absolute atomic E-state index is 12.4. The van der Waals surface area contributed by atoms with Crippen LogP contribution in [0, 0.1) is 0 Å². The van der Waals surface area contributed by atoms with E-state index in [0.717, 1.165) is 29.7 Å². The highest BCUT2D eigenvalue weighted by molar-refractivity contribution is 6.09. The largest absolute Gasteiger partial charge is 0.445 e. The fraction of sp³-hybridized carbons (Fsp3) is 0.333. The first-order chi connectivity index (χ1) is 8.66. The first kappa shape index (κ1) is 11.2. The van der Waals surface area contributed by atoms with E-state index in [4.69, 9.17) is 4.42 Å². The zero-order chi connectivity index (χ0) is 12.7. The molecule has 0 atom stereocenters. The van der Waals surface area contributed by atoms with Gasteiger partial charge in [-0.3, -0.25) is 4.79 Å². The second-order valence-corrected chi connectivity index (χ2v) is 4.96. The number of oxazole rings is 1. The Hall–Kier alpha value is -1.90. The molecule has 0 saturated carbocycles. The van der Waals surface area contributed by atoms with Gasteiger partial charge in [-0.05, 0) is 12.0 Å². The van der Waals surface area contributed by atoms with Crippen molar-refractivity contribution in [2.45, 2.75) is 32.6 Å². The Bertz CT molecular complexity index is 611. The summed E-state index contributed by atoms with van der Waals surface area (Å²) < 4.78 is 5.72. The minimum atomic E-state index is -0.00579. The number of nitrogens with zero attached hydrogens (tertiary/aromatic N) is 1. The maximum atomic E-state index is 12.4. The van der Waals surface area contributed by atoms with Crippen molar-refractivity contribution < 1.29 is 9.21 Å². The summed E-state index contributed by atoms with van der Waals surface area (Å²) in [5.41, 5.74) is 2.35. The summed E-state index contributed by atoms with van der Waals surface area (Å²) in [5.74, 6) is 1.60. The van der Waals surface area contributed by atoms with Crippen molar-refractivity contribution in [1.29, 1.82) is 0 Å². The van der Waals surface area contributed by atoms with Gasteiger partial charge in [0.25, 0.3) is 0 Å². The molecule has 0 unspecified atom stereocenters. The topological polar surface area (TPSA) is 43.1 Å². The molecule has 0 N–H and O–H groups in total. The summed E-state index contributed by atoms with van der Waals surface area (Å²) in [5, 5.41) is 0. The van der Waals surface area contributed by atoms with E-state index in [9.17, 15) is 4.79 Å². The average molecular weight is 241 g/mol. The number of benzene rings is 1. The molecule has 1 aromatic carbocycles. The average Bonchev–Trinajstić information content (AvgIpc) is 2.75. The van der Waals surface area contributed by atoms with Crippen LogP contribution in [0.1, 0.15) is 53.0 Å². The molecule has 92 valence electrons. The van der Waals surface area contributed by atoms with Crippen molar-refractivity contribution in [3.05, 3.63) is 52.7 Å². The van der Waals surface area contributed by atoms with Crippen LogP contribution in [0.2, 0.25) is 0 Å². The first-order valence-corrected chi connectivity index (χ1v) is 6.29. The van der Waals surface area contributed by atoms with Crippen molar-refractivity contribution in [2.24, 2.45) is 0 Å². The van der Waals surface area contributed by atoms with E-state index >= 15 is 0 Å². The molecule has 2 aromatic rings. The van der Waals surface area contributed by atoms with Gasteiger partial charge in [-0.1, -0.05) is 38.1 Å². The van der Waals surface area contributed by atoms with Gasteiger partial charge in [-0.15, -0.1) is 0 Å². The van der Waals surface area contributed by atoms with Gasteiger partial charge in [0.15, 0.2) is 11.6 Å². The fourth-order valence-corrected chi connectivity index (χ4v) is 2.30. The first-order valence-electron chi connectivity index (χ1n) is 6.29. The summed E-state index contributed by atoms with van der Waals surface area (Å²) in [6.07, 6.45) is 1.58. The number of aryl methyl sites for hydroxylation is 2. The standard InChI is InChI=1S/C15H15NO2/c1-9(2)15-16-13-12(18-15)8-7-10-5-3-4-6-11(10)14(13)17/h3-6,9H,7-8H2,1-2H3. The monoisotopic (exact) mass is 241 g/mol. The number of ketones is 1. The molecular formula is C15H15NO2. The number of hydrogen-bond acceptors (Lipinski definition) is 3. The number of fused-ring (bicyclic) bond motifs is 2. The molecule has 1 aliphatic rings. The summed E-state index contributed by atoms with van der Waals surface area (Å²) >= 11 is 0. The lowest BCUT2D eigenvalue weighted by molar-refractivity contribution is 0.103. The Kier molecular flexibility index (Phi) is 2.54. The minimum absolute atomic E-state index is 0.00579. The molecule has 18 heavy (non-hydrogen) atoms. The van der Waals surface area contributed by atoms with Crippen LogP contribution >= 0.6 is 0 Å². The zero-order valence-corrected chi connectivity index (χ0v) is 10.6. The van der Waals surface area contributed by atoms with E-state index in [2.05, 4.69) is 4.98 Å². The van der Waals surface area contributed by atoms with Crippen molar-refractivity contribution >= 4 is 5.78 Å². The van der Waals surface area contributed by atoms with Crippen LogP contribution in [0.25, 0.3) is 0 Å². The van der Waals surface area contributed by atoms with E-state index in [1.807, 2.05) is 38.1 Å². The summed E-state index contributed by atoms with van der Waals surface area (Å²) in [7, 11) is 0. The lowest BCUT2D eigenvalue weighted by Crippen LogP contribution is -2.04. The van der Waals surface area contributed by atoms with Gasteiger partial charge in [0, 0.05) is 17.9 Å². The predicted octanol–water partition coefficient (Wildman–Crippen LogP) is 3.13. The van der Waals surface area contributed by atoms with Gasteiger partial charge >= 0.3 is 0 Å². The molecular weight excluding hydrogens is 226 g/mol. The molecule has 0 bridgehead atoms. The Morgan fingerprint density at radius 3 is 2.78 bits per heavy atom. The van der Waals surface area contributed by atoms with Crippen molar-refractivity contribution in [1.82, 2.24) is 4.98 Å². The van der Waals surface area contributed by atoms with Gasteiger partial charge in [0.05, 0.1) is 0 Å². The highest BCUT2D eigenvalue weighted by atomic mass is 16.4. The van der Waals surface area contributed by atoms with Crippen LogP contribution in [0.3, 0.4) is 0 Å². The summed E-state index contributed by atoms with van der Waals surface area (Å²) in [4.78, 5) is 16.8. The number of carbonyl (C=O) groups is 1. The number of aromatic nitrogens is 1. The van der Waals surface area contributed by atoms with E-state index in [1.165, 1.54) is 0 Å². The second kappa shape index (κ2) is 4.09. The van der Waals surface area contributed by atoms with Crippen LogP contribution in [0.4, 0.5) is 0 Å². The highest BCUT2D eigenvalue weighted by Gasteiger charge is 2.26. The van der Waals surface area contributed by atoms with Gasteiger partial charge in [0.1, 0.15) is 5.76 Å². The Morgan fingerprint density at radius 1 is 1.22 bits per heavy atom. The molecule has 0 saturated heterocycles. The molecule has 1 aliphatic carbocycles. The molecule has 3 rings (SSSR count). The van der Waals surface area contributed by atoms with Gasteiger partial charge in [-0.2, -0.15) is 0 Å². The molecule has 3 heteroatoms. The summed E-state index contributed by atoms with van der Waals surface area (Å²) in [6.45, 7) is 4.03. The molecule has 0 aliphatic heterocycles. The molecule has 1 aromatic heterocycles. The van der Waals surface area contributed by atoms with E-state index < -0.39 is 0 Å². The lowest BCUT2D eigenvalue weighted by Gasteiger charge is -2.02. The van der Waals surface area contributed by atoms with E-state index in [1.54, 1.807) is 0 Å². The molecule has 1 heterocycles. The number of rotatable bonds is 1. The van der Waals surface area contributed by atoms with Crippen molar-refractivity contribution in [2.75, 3.05) is 0 Å². The van der Waals surface area contributed by atoms with Crippen LogP contribution in [0.5, 0.6) is 0 Å². The Balaban J connectivity index is 2.13. The van der Waals surface area contributed by atoms with Crippen molar-refractivity contribution in [3.63, 3.8) is 0 Å². The third-order valence-electron chi connectivity index (χ3n) is 3.31. The zero-order valence-electron chi connectivity index (χ0n) is 10.6. The highest BCUT2D eigenvalue weighted by Crippen LogP contribution is 2.26. The summed E-state index contributed by atoms with van der Waals surface area (Å²) in [6, 6.07) is 7.73. The van der Waals surface area contributed by atoms with E-state index in [-0.39, 0.29) is 11.7 Å². The smallest absolute Gasteiger partial charge is 0.215 e. The molecule has 3 nitrogen and oxygen atoms in total. The third-order valence-corrected chi connectivity index (χ3v) is 3.31. The van der Waals surface area contributed by atoms with Gasteiger partial charge in [0.2, 0.25) is 5.78 Å².